The molecule has 1 heterocycles. The molecule has 140 valence electrons. The van der Waals surface area contributed by atoms with Gasteiger partial charge in [-0.2, -0.15) is 0 Å². The third-order valence-electron chi connectivity index (χ3n) is 4.82. The van der Waals surface area contributed by atoms with E-state index in [1.807, 2.05) is 24.3 Å². The van der Waals surface area contributed by atoms with Crippen LogP contribution in [0, 0.1) is 11.6 Å². The summed E-state index contributed by atoms with van der Waals surface area (Å²) < 4.78 is 38.8. The normalized spacial score (nSPS) is 20.1. The maximum Gasteiger partial charge on any atom is 0.176 e. The number of hydrogen-bond donors (Lipinski definition) is 1. The molecule has 0 spiro atoms. The summed E-state index contributed by atoms with van der Waals surface area (Å²) in [5.41, 5.74) is 1.82. The van der Waals surface area contributed by atoms with Gasteiger partial charge in [-0.15, -0.1) is 0 Å². The topological polar surface area (TPSA) is 30.5 Å². The Morgan fingerprint density at radius 1 is 1.00 bits per heavy atom. The van der Waals surface area contributed by atoms with Gasteiger partial charge in [0.25, 0.3) is 0 Å². The number of halogens is 2. The fourth-order valence-corrected chi connectivity index (χ4v) is 3.51. The average molecular weight is 369 g/mol. The van der Waals surface area contributed by atoms with E-state index in [0.29, 0.717) is 26.2 Å². The smallest absolute Gasteiger partial charge is 0.176 e. The second-order valence-electron chi connectivity index (χ2n) is 6.63. The predicted molar refractivity (Wildman–Crippen MR) is 100 cm³/mol. The average Bonchev–Trinajstić information content (AvgIpc) is 2.69. The minimum absolute atomic E-state index is 0.163. The van der Waals surface area contributed by atoms with Crippen LogP contribution in [0.2, 0.25) is 0 Å². The first kappa shape index (κ1) is 18.0. The summed E-state index contributed by atoms with van der Waals surface area (Å²) in [4.78, 5) is 0. The van der Waals surface area contributed by atoms with Crippen LogP contribution in [0.25, 0.3) is 10.8 Å². The molecular weight excluding hydrogens is 348 g/mol. The van der Waals surface area contributed by atoms with Crippen molar-refractivity contribution in [3.8, 4) is 0 Å². The molecular formula is C22H21F2NO2. The molecule has 4 rings (SSSR count). The third kappa shape index (κ3) is 4.16. The zero-order chi connectivity index (χ0) is 18.6. The van der Waals surface area contributed by atoms with E-state index in [4.69, 9.17) is 9.47 Å². The summed E-state index contributed by atoms with van der Waals surface area (Å²) >= 11 is 0. The maximum atomic E-state index is 13.9. The van der Waals surface area contributed by atoms with E-state index in [-0.39, 0.29) is 17.7 Å². The number of ether oxygens (including phenoxy) is 2. The van der Waals surface area contributed by atoms with E-state index < -0.39 is 6.29 Å². The van der Waals surface area contributed by atoms with Gasteiger partial charge in [-0.05, 0) is 52.6 Å². The van der Waals surface area contributed by atoms with Gasteiger partial charge in [0, 0.05) is 6.54 Å². The fourth-order valence-electron chi connectivity index (χ4n) is 3.51. The molecule has 1 saturated heterocycles. The number of fused-ring (bicyclic) bond motifs is 1. The Bertz CT molecular complexity index is 914. The number of nitrogens with one attached hydrogen (secondary N) is 1. The summed E-state index contributed by atoms with van der Waals surface area (Å²) in [5.74, 6) is -0.519. The zero-order valence-corrected chi connectivity index (χ0v) is 14.8. The van der Waals surface area contributed by atoms with Gasteiger partial charge < -0.3 is 14.8 Å². The molecule has 0 saturated carbocycles. The van der Waals surface area contributed by atoms with Gasteiger partial charge in [-0.3, -0.25) is 0 Å². The van der Waals surface area contributed by atoms with Crippen molar-refractivity contribution in [3.05, 3.63) is 83.4 Å². The molecule has 1 aliphatic heterocycles. The molecule has 0 amide bonds. The van der Waals surface area contributed by atoms with Gasteiger partial charge in [0.05, 0.1) is 19.3 Å². The largest absolute Gasteiger partial charge is 0.350 e. The van der Waals surface area contributed by atoms with Crippen molar-refractivity contribution in [3.63, 3.8) is 0 Å². The van der Waals surface area contributed by atoms with Crippen molar-refractivity contribution in [2.75, 3.05) is 19.8 Å². The number of hydrogen-bond acceptors (Lipinski definition) is 3. The van der Waals surface area contributed by atoms with E-state index in [2.05, 4.69) is 5.32 Å². The van der Waals surface area contributed by atoms with Gasteiger partial charge in [-0.25, -0.2) is 8.78 Å². The summed E-state index contributed by atoms with van der Waals surface area (Å²) in [6, 6.07) is 17.0. The summed E-state index contributed by atoms with van der Waals surface area (Å²) in [5, 5.41) is 5.27. The van der Waals surface area contributed by atoms with E-state index in [0.717, 1.165) is 21.9 Å². The highest BCUT2D eigenvalue weighted by Gasteiger charge is 2.27. The SMILES string of the molecule is Fc1ccc([C@@H]2NCCO[C@H]2OCCc2cc(F)cc3ccccc23)cc1. The predicted octanol–water partition coefficient (Wildman–Crippen LogP) is 4.36. The molecule has 1 N–H and O–H groups in total. The molecule has 0 aromatic heterocycles. The molecule has 1 fully saturated rings. The van der Waals surface area contributed by atoms with Gasteiger partial charge in [0.1, 0.15) is 11.6 Å². The zero-order valence-electron chi connectivity index (χ0n) is 14.8. The summed E-state index contributed by atoms with van der Waals surface area (Å²) in [7, 11) is 0. The van der Waals surface area contributed by atoms with Crippen molar-refractivity contribution >= 4 is 10.8 Å². The Kier molecular flexibility index (Phi) is 5.43. The minimum atomic E-state index is -0.468. The van der Waals surface area contributed by atoms with Crippen LogP contribution in [0.3, 0.4) is 0 Å². The number of rotatable bonds is 5. The second-order valence-corrected chi connectivity index (χ2v) is 6.63. The molecule has 3 nitrogen and oxygen atoms in total. The van der Waals surface area contributed by atoms with Crippen molar-refractivity contribution in [2.24, 2.45) is 0 Å². The van der Waals surface area contributed by atoms with Crippen LogP contribution in [-0.4, -0.2) is 26.0 Å². The Morgan fingerprint density at radius 2 is 1.81 bits per heavy atom. The lowest BCUT2D eigenvalue weighted by atomic mass is 10.0. The van der Waals surface area contributed by atoms with E-state index in [1.54, 1.807) is 24.3 Å². The molecule has 0 bridgehead atoms. The van der Waals surface area contributed by atoms with Crippen LogP contribution in [-0.2, 0) is 15.9 Å². The van der Waals surface area contributed by atoms with Crippen LogP contribution < -0.4 is 5.32 Å². The first-order valence-electron chi connectivity index (χ1n) is 9.10. The van der Waals surface area contributed by atoms with Crippen LogP contribution in [0.15, 0.2) is 60.7 Å². The van der Waals surface area contributed by atoms with E-state index in [9.17, 15) is 8.78 Å². The van der Waals surface area contributed by atoms with Gasteiger partial charge in [0.15, 0.2) is 6.29 Å². The number of morpholine rings is 1. The summed E-state index contributed by atoms with van der Waals surface area (Å²) in [6.07, 6.45) is 0.109. The fraction of sp³-hybridized carbons (Fsp3) is 0.273. The lowest BCUT2D eigenvalue weighted by Gasteiger charge is -2.33. The van der Waals surface area contributed by atoms with E-state index >= 15 is 0 Å². The Balaban J connectivity index is 1.45. The summed E-state index contributed by atoms with van der Waals surface area (Å²) in [6.45, 7) is 1.65. The lowest BCUT2D eigenvalue weighted by molar-refractivity contribution is -0.176. The molecule has 0 radical (unpaired) electrons. The highest BCUT2D eigenvalue weighted by atomic mass is 19.1. The quantitative estimate of drug-likeness (QED) is 0.725. The minimum Gasteiger partial charge on any atom is -0.350 e. The first-order valence-corrected chi connectivity index (χ1v) is 9.10. The van der Waals surface area contributed by atoms with Crippen molar-refractivity contribution in [1.82, 2.24) is 5.32 Å². The standard InChI is InChI=1S/C22H21F2NO2/c23-18-7-5-15(6-8-18)21-22(27-12-10-25-21)26-11-9-17-14-19(24)13-16-3-1-2-4-20(16)17/h1-8,13-14,21-22,25H,9-12H2/t21-,22+/m0/s1. The van der Waals surface area contributed by atoms with Crippen molar-refractivity contribution in [1.29, 1.82) is 0 Å². The second kappa shape index (κ2) is 8.13. The molecule has 2 atom stereocenters. The first-order chi connectivity index (χ1) is 13.2. The Hall–Kier alpha value is -2.34. The van der Waals surface area contributed by atoms with Gasteiger partial charge in [0.2, 0.25) is 0 Å². The Morgan fingerprint density at radius 3 is 2.67 bits per heavy atom. The monoisotopic (exact) mass is 369 g/mol. The molecule has 3 aromatic carbocycles. The molecule has 1 aliphatic rings. The molecule has 5 heteroatoms. The van der Waals surface area contributed by atoms with Crippen molar-refractivity contribution in [2.45, 2.75) is 18.8 Å². The molecule has 0 unspecified atom stereocenters. The Labute approximate surface area is 156 Å². The van der Waals surface area contributed by atoms with Crippen molar-refractivity contribution < 1.29 is 18.3 Å². The number of benzene rings is 3. The molecule has 27 heavy (non-hydrogen) atoms. The van der Waals surface area contributed by atoms with Crippen LogP contribution >= 0.6 is 0 Å². The van der Waals surface area contributed by atoms with Gasteiger partial charge >= 0.3 is 0 Å². The van der Waals surface area contributed by atoms with Gasteiger partial charge in [-0.1, -0.05) is 36.4 Å². The molecule has 3 aromatic rings. The highest BCUT2D eigenvalue weighted by molar-refractivity contribution is 5.85. The van der Waals surface area contributed by atoms with Crippen LogP contribution in [0.5, 0.6) is 0 Å². The van der Waals surface area contributed by atoms with Crippen LogP contribution in [0.4, 0.5) is 8.78 Å². The van der Waals surface area contributed by atoms with Crippen LogP contribution in [0.1, 0.15) is 17.2 Å². The maximum absolute atomic E-state index is 13.9. The molecule has 0 aliphatic carbocycles. The third-order valence-corrected chi connectivity index (χ3v) is 4.82. The van der Waals surface area contributed by atoms with E-state index in [1.165, 1.54) is 12.1 Å². The lowest BCUT2D eigenvalue weighted by Crippen LogP contribution is -2.43. The highest BCUT2D eigenvalue weighted by Crippen LogP contribution is 2.25.